The van der Waals surface area contributed by atoms with Crippen LogP contribution in [0.5, 0.6) is 5.75 Å². The van der Waals surface area contributed by atoms with Gasteiger partial charge in [0.1, 0.15) is 10.8 Å². The van der Waals surface area contributed by atoms with Crippen molar-refractivity contribution < 1.29 is 19.6 Å². The first-order valence-corrected chi connectivity index (χ1v) is 6.83. The van der Waals surface area contributed by atoms with Gasteiger partial charge in [-0.25, -0.2) is 4.79 Å². The van der Waals surface area contributed by atoms with Gasteiger partial charge in [-0.05, 0) is 35.4 Å². The van der Waals surface area contributed by atoms with E-state index in [1.165, 1.54) is 31.4 Å². The summed E-state index contributed by atoms with van der Waals surface area (Å²) >= 11 is 5.75. The zero-order valence-corrected chi connectivity index (χ0v) is 12.8. The van der Waals surface area contributed by atoms with E-state index in [0.717, 1.165) is 0 Å². The second kappa shape index (κ2) is 6.93. The van der Waals surface area contributed by atoms with Crippen molar-refractivity contribution in [3.05, 3.63) is 68.7 Å². The number of nitro benzene ring substituents is 1. The number of carboxylic acids is 1. The third kappa shape index (κ3) is 3.87. The summed E-state index contributed by atoms with van der Waals surface area (Å²) in [7, 11) is 1.48. The summed E-state index contributed by atoms with van der Waals surface area (Å²) in [6, 6.07) is 10.6. The van der Waals surface area contributed by atoms with Crippen molar-refractivity contribution in [2.45, 2.75) is 0 Å². The number of nitrogens with zero attached hydrogens (tertiary/aromatic N) is 1. The van der Waals surface area contributed by atoms with E-state index in [1.54, 1.807) is 24.3 Å². The van der Waals surface area contributed by atoms with E-state index in [1.807, 2.05) is 0 Å². The summed E-state index contributed by atoms with van der Waals surface area (Å²) in [5.74, 6) is -0.646. The van der Waals surface area contributed by atoms with Gasteiger partial charge in [0, 0.05) is 6.07 Å². The Morgan fingerprint density at radius 1 is 1.30 bits per heavy atom. The fourth-order valence-electron chi connectivity index (χ4n) is 1.99. The van der Waals surface area contributed by atoms with E-state index < -0.39 is 10.9 Å². The number of rotatable bonds is 5. The van der Waals surface area contributed by atoms with Crippen LogP contribution in [0.3, 0.4) is 0 Å². The molecule has 2 aromatic rings. The lowest BCUT2D eigenvalue weighted by atomic mass is 10.0. The molecule has 0 aliphatic rings. The maximum atomic E-state index is 11.5. The predicted octanol–water partition coefficient (Wildman–Crippen LogP) is 3.88. The van der Waals surface area contributed by atoms with Crippen LogP contribution in [-0.2, 0) is 4.79 Å². The van der Waals surface area contributed by atoms with Crippen molar-refractivity contribution in [1.29, 1.82) is 0 Å². The highest BCUT2D eigenvalue weighted by Crippen LogP contribution is 2.28. The van der Waals surface area contributed by atoms with Crippen molar-refractivity contribution >= 4 is 34.9 Å². The minimum atomic E-state index is -1.16. The molecule has 7 heteroatoms. The van der Waals surface area contributed by atoms with Crippen molar-refractivity contribution in [2.75, 3.05) is 7.11 Å². The van der Waals surface area contributed by atoms with Crippen molar-refractivity contribution in [3.8, 4) is 5.75 Å². The van der Waals surface area contributed by atoms with Gasteiger partial charge in [0.05, 0.1) is 17.6 Å². The molecule has 0 radical (unpaired) electrons. The Hall–Kier alpha value is -2.86. The molecule has 23 heavy (non-hydrogen) atoms. The Labute approximate surface area is 136 Å². The first-order valence-electron chi connectivity index (χ1n) is 6.45. The van der Waals surface area contributed by atoms with E-state index in [2.05, 4.69) is 0 Å². The molecule has 6 nitrogen and oxygen atoms in total. The summed E-state index contributed by atoms with van der Waals surface area (Å²) in [4.78, 5) is 21.8. The molecule has 0 bridgehead atoms. The number of halogens is 1. The molecule has 0 heterocycles. The standard InChI is InChI=1S/C16H12ClNO5/c1-23-12-4-2-3-11(9-12)13(16(19)20)7-10-5-6-14(17)15(8-10)18(21)22/h2-9H,1H3,(H,19,20)/b13-7-. The van der Waals surface area contributed by atoms with Crippen LogP contribution in [0, 0.1) is 10.1 Å². The van der Waals surface area contributed by atoms with Gasteiger partial charge in [0.25, 0.3) is 5.69 Å². The van der Waals surface area contributed by atoms with Gasteiger partial charge in [-0.2, -0.15) is 0 Å². The molecular formula is C16H12ClNO5. The fourth-order valence-corrected chi connectivity index (χ4v) is 2.17. The Bertz CT molecular complexity index is 801. The molecule has 0 aliphatic heterocycles. The van der Waals surface area contributed by atoms with Gasteiger partial charge in [-0.3, -0.25) is 10.1 Å². The third-order valence-electron chi connectivity index (χ3n) is 3.09. The smallest absolute Gasteiger partial charge is 0.336 e. The van der Waals surface area contributed by atoms with E-state index in [-0.39, 0.29) is 16.3 Å². The second-order valence-electron chi connectivity index (χ2n) is 4.56. The Balaban J connectivity index is 2.53. The van der Waals surface area contributed by atoms with E-state index in [4.69, 9.17) is 16.3 Å². The third-order valence-corrected chi connectivity index (χ3v) is 3.41. The van der Waals surface area contributed by atoms with Crippen LogP contribution in [0.4, 0.5) is 5.69 Å². The molecule has 0 atom stereocenters. The van der Waals surface area contributed by atoms with Crippen LogP contribution < -0.4 is 4.74 Å². The normalized spacial score (nSPS) is 11.1. The average molecular weight is 334 g/mol. The van der Waals surface area contributed by atoms with Gasteiger partial charge in [0.15, 0.2) is 0 Å². The topological polar surface area (TPSA) is 89.7 Å². The lowest BCUT2D eigenvalue weighted by Gasteiger charge is -2.06. The van der Waals surface area contributed by atoms with Crippen molar-refractivity contribution in [3.63, 3.8) is 0 Å². The average Bonchev–Trinajstić information content (AvgIpc) is 2.53. The first kappa shape index (κ1) is 16.5. The molecule has 2 aromatic carbocycles. The summed E-state index contributed by atoms with van der Waals surface area (Å²) in [6.45, 7) is 0. The molecule has 0 saturated carbocycles. The summed E-state index contributed by atoms with van der Waals surface area (Å²) < 4.78 is 5.07. The number of ether oxygens (including phenoxy) is 1. The summed E-state index contributed by atoms with van der Waals surface area (Å²) in [6.07, 6.45) is 1.35. The molecule has 0 aromatic heterocycles. The highest BCUT2D eigenvalue weighted by molar-refractivity contribution is 6.32. The van der Waals surface area contributed by atoms with Crippen LogP contribution in [-0.4, -0.2) is 23.1 Å². The van der Waals surface area contributed by atoms with E-state index >= 15 is 0 Å². The number of hydrogen-bond donors (Lipinski definition) is 1. The molecule has 2 rings (SSSR count). The monoisotopic (exact) mass is 333 g/mol. The van der Waals surface area contributed by atoms with Crippen LogP contribution in [0.2, 0.25) is 5.02 Å². The minimum absolute atomic E-state index is 0.00888. The maximum absolute atomic E-state index is 11.5. The largest absolute Gasteiger partial charge is 0.497 e. The quantitative estimate of drug-likeness (QED) is 0.388. The van der Waals surface area contributed by atoms with Gasteiger partial charge in [-0.15, -0.1) is 0 Å². The number of aliphatic carboxylic acids is 1. The van der Waals surface area contributed by atoms with Gasteiger partial charge >= 0.3 is 5.97 Å². The van der Waals surface area contributed by atoms with Crippen LogP contribution >= 0.6 is 11.6 Å². The number of nitro groups is 1. The molecule has 0 fully saturated rings. The van der Waals surface area contributed by atoms with Crippen LogP contribution in [0.15, 0.2) is 42.5 Å². The lowest BCUT2D eigenvalue weighted by molar-refractivity contribution is -0.384. The van der Waals surface area contributed by atoms with Crippen molar-refractivity contribution in [1.82, 2.24) is 0 Å². The molecule has 0 unspecified atom stereocenters. The maximum Gasteiger partial charge on any atom is 0.336 e. The highest BCUT2D eigenvalue weighted by atomic mass is 35.5. The molecule has 0 amide bonds. The van der Waals surface area contributed by atoms with E-state index in [9.17, 15) is 20.0 Å². The molecule has 1 N–H and O–H groups in total. The Morgan fingerprint density at radius 2 is 2.04 bits per heavy atom. The SMILES string of the molecule is COc1cccc(/C(=C/c2ccc(Cl)c([N+](=O)[O-])c2)C(=O)O)c1. The zero-order chi connectivity index (χ0) is 17.0. The number of carboxylic acid groups (broad SMARTS) is 1. The minimum Gasteiger partial charge on any atom is -0.497 e. The number of methoxy groups -OCH3 is 1. The molecule has 0 aliphatic carbocycles. The molecule has 0 saturated heterocycles. The Kier molecular flexibility index (Phi) is 4.98. The van der Waals surface area contributed by atoms with Crippen molar-refractivity contribution in [2.24, 2.45) is 0 Å². The number of benzene rings is 2. The Morgan fingerprint density at radius 3 is 2.65 bits per heavy atom. The zero-order valence-electron chi connectivity index (χ0n) is 12.0. The second-order valence-corrected chi connectivity index (χ2v) is 4.97. The predicted molar refractivity (Wildman–Crippen MR) is 86.6 cm³/mol. The molecular weight excluding hydrogens is 322 g/mol. The van der Waals surface area contributed by atoms with Crippen LogP contribution in [0.25, 0.3) is 11.6 Å². The first-order chi connectivity index (χ1) is 10.9. The highest BCUT2D eigenvalue weighted by Gasteiger charge is 2.15. The van der Waals surface area contributed by atoms with Gasteiger partial charge in [-0.1, -0.05) is 29.8 Å². The lowest BCUT2D eigenvalue weighted by Crippen LogP contribution is -2.00. The van der Waals surface area contributed by atoms with Crippen LogP contribution in [0.1, 0.15) is 11.1 Å². The number of carbonyl (C=O) groups is 1. The van der Waals surface area contributed by atoms with Gasteiger partial charge < -0.3 is 9.84 Å². The fraction of sp³-hybridized carbons (Fsp3) is 0.0625. The van der Waals surface area contributed by atoms with Gasteiger partial charge in [0.2, 0.25) is 0 Å². The molecule has 118 valence electrons. The summed E-state index contributed by atoms with van der Waals surface area (Å²) in [5, 5.41) is 20.3. The van der Waals surface area contributed by atoms with E-state index in [0.29, 0.717) is 16.9 Å². The summed E-state index contributed by atoms with van der Waals surface area (Å²) in [5.41, 5.74) is 0.493. The number of hydrogen-bond acceptors (Lipinski definition) is 4. The molecule has 0 spiro atoms.